The lowest BCUT2D eigenvalue weighted by molar-refractivity contribution is 0.340. The molecule has 3 aromatic rings. The molecule has 140 valence electrons. The zero-order valence-corrected chi connectivity index (χ0v) is 15.4. The molecule has 1 aliphatic rings. The Morgan fingerprint density at radius 3 is 2.41 bits per heavy atom. The molecule has 27 heavy (non-hydrogen) atoms. The molecule has 7 nitrogen and oxygen atoms in total. The van der Waals surface area contributed by atoms with Gasteiger partial charge in [0.25, 0.3) is 0 Å². The van der Waals surface area contributed by atoms with Crippen LogP contribution in [0.4, 0.5) is 11.9 Å². The summed E-state index contributed by atoms with van der Waals surface area (Å²) in [5.74, 6) is 2.65. The molecule has 0 radical (unpaired) electrons. The molecule has 0 unspecified atom stereocenters. The number of hydrogen-bond acceptors (Lipinski definition) is 6. The second-order valence-electron chi connectivity index (χ2n) is 6.46. The summed E-state index contributed by atoms with van der Waals surface area (Å²) in [6.07, 6.45) is 0.829. The van der Waals surface area contributed by atoms with Gasteiger partial charge in [-0.2, -0.15) is 4.98 Å². The quantitative estimate of drug-likeness (QED) is 0.720. The van der Waals surface area contributed by atoms with Crippen LogP contribution in [-0.4, -0.2) is 28.5 Å². The van der Waals surface area contributed by atoms with E-state index in [0.717, 1.165) is 23.5 Å². The van der Waals surface area contributed by atoms with Gasteiger partial charge >= 0.3 is 0 Å². The maximum atomic E-state index is 5.86. The molecule has 0 fully saturated rings. The molecule has 0 saturated carbocycles. The van der Waals surface area contributed by atoms with E-state index in [-0.39, 0.29) is 18.0 Å². The van der Waals surface area contributed by atoms with E-state index in [1.807, 2.05) is 35.9 Å². The first-order valence-corrected chi connectivity index (χ1v) is 9.03. The van der Waals surface area contributed by atoms with E-state index in [4.69, 9.17) is 15.2 Å². The van der Waals surface area contributed by atoms with Gasteiger partial charge in [0.2, 0.25) is 11.9 Å². The van der Waals surface area contributed by atoms with Gasteiger partial charge in [-0.15, -0.1) is 5.10 Å². The van der Waals surface area contributed by atoms with Crippen molar-refractivity contribution >= 4 is 11.9 Å². The summed E-state index contributed by atoms with van der Waals surface area (Å²) in [4.78, 5) is 4.35. The zero-order chi connectivity index (χ0) is 18.8. The summed E-state index contributed by atoms with van der Waals surface area (Å²) in [5.41, 5.74) is 8.17. The second kappa shape index (κ2) is 7.19. The summed E-state index contributed by atoms with van der Waals surface area (Å²) in [6, 6.07) is 16.3. The number of nitrogens with one attached hydrogen (secondary N) is 1. The van der Waals surface area contributed by atoms with Gasteiger partial charge in [0.05, 0.1) is 25.8 Å². The van der Waals surface area contributed by atoms with Gasteiger partial charge in [0.15, 0.2) is 0 Å². The van der Waals surface area contributed by atoms with E-state index >= 15 is 0 Å². The Morgan fingerprint density at radius 2 is 1.74 bits per heavy atom. The Morgan fingerprint density at radius 1 is 1.07 bits per heavy atom. The zero-order valence-electron chi connectivity index (χ0n) is 15.4. The lowest BCUT2D eigenvalue weighted by Gasteiger charge is -2.31. The molecule has 1 aromatic heterocycles. The molecule has 2 aromatic carbocycles. The standard InChI is InChI=1S/C20H23N5O2/c1-3-27-16-10-6-14(7-11-16)18-12-17(13-4-8-15(26-2)9-5-13)22-20-23-19(21)24-25(18)20/h4-11,17-18H,3,12H2,1-2H3,(H3,21,22,23,24)/t17-,18+/m0/s1. The van der Waals surface area contributed by atoms with E-state index in [2.05, 4.69) is 39.7 Å². The molecule has 0 spiro atoms. The van der Waals surface area contributed by atoms with Gasteiger partial charge in [-0.3, -0.25) is 0 Å². The van der Waals surface area contributed by atoms with E-state index in [0.29, 0.717) is 12.6 Å². The van der Waals surface area contributed by atoms with Crippen molar-refractivity contribution in [1.29, 1.82) is 0 Å². The number of nitrogens with zero attached hydrogens (tertiary/aromatic N) is 3. The van der Waals surface area contributed by atoms with Gasteiger partial charge in [0.1, 0.15) is 11.5 Å². The first kappa shape index (κ1) is 17.2. The predicted molar refractivity (Wildman–Crippen MR) is 104 cm³/mol. The van der Waals surface area contributed by atoms with Crippen LogP contribution in [0.5, 0.6) is 11.5 Å². The monoisotopic (exact) mass is 365 g/mol. The minimum Gasteiger partial charge on any atom is -0.497 e. The maximum Gasteiger partial charge on any atom is 0.241 e. The van der Waals surface area contributed by atoms with Crippen LogP contribution in [0.2, 0.25) is 0 Å². The Kier molecular flexibility index (Phi) is 4.58. The van der Waals surface area contributed by atoms with Crippen LogP contribution in [0.1, 0.15) is 36.6 Å². The highest BCUT2D eigenvalue weighted by Crippen LogP contribution is 2.38. The smallest absolute Gasteiger partial charge is 0.241 e. The van der Waals surface area contributed by atoms with Crippen LogP contribution < -0.4 is 20.5 Å². The van der Waals surface area contributed by atoms with Crippen molar-refractivity contribution in [2.75, 3.05) is 24.8 Å². The lowest BCUT2D eigenvalue weighted by Crippen LogP contribution is -2.28. The Balaban J connectivity index is 1.66. The number of fused-ring (bicyclic) bond motifs is 1. The molecule has 4 rings (SSSR count). The van der Waals surface area contributed by atoms with E-state index in [9.17, 15) is 0 Å². The highest BCUT2D eigenvalue weighted by Gasteiger charge is 2.30. The number of anilines is 2. The number of ether oxygens (including phenoxy) is 2. The molecule has 3 N–H and O–H groups in total. The summed E-state index contributed by atoms with van der Waals surface area (Å²) in [6.45, 7) is 2.63. The SMILES string of the molecule is CCOc1ccc([C@H]2C[C@@H](c3ccc(OC)cc3)Nc3nc(N)nn32)cc1. The van der Waals surface area contributed by atoms with E-state index in [1.54, 1.807) is 7.11 Å². The minimum absolute atomic E-state index is 0.0360. The normalized spacial score (nSPS) is 18.4. The van der Waals surface area contributed by atoms with Crippen molar-refractivity contribution in [2.45, 2.75) is 25.4 Å². The van der Waals surface area contributed by atoms with Gasteiger partial charge in [0, 0.05) is 0 Å². The Hall–Kier alpha value is -3.22. The van der Waals surface area contributed by atoms with Crippen molar-refractivity contribution in [3.63, 3.8) is 0 Å². The number of nitrogen functional groups attached to an aromatic ring is 1. The molecular formula is C20H23N5O2. The fourth-order valence-corrected chi connectivity index (χ4v) is 3.48. The van der Waals surface area contributed by atoms with Gasteiger partial charge in [-0.1, -0.05) is 24.3 Å². The van der Waals surface area contributed by atoms with Crippen molar-refractivity contribution in [3.05, 3.63) is 59.7 Å². The Bertz CT molecular complexity index is 905. The summed E-state index contributed by atoms with van der Waals surface area (Å²) >= 11 is 0. The largest absolute Gasteiger partial charge is 0.497 e. The fraction of sp³-hybridized carbons (Fsp3) is 0.300. The third-order valence-electron chi connectivity index (χ3n) is 4.80. The molecule has 0 bridgehead atoms. The number of methoxy groups -OCH3 is 1. The third kappa shape index (κ3) is 3.40. The highest BCUT2D eigenvalue weighted by atomic mass is 16.5. The van der Waals surface area contributed by atoms with Crippen molar-refractivity contribution in [3.8, 4) is 11.5 Å². The van der Waals surface area contributed by atoms with Crippen molar-refractivity contribution in [2.24, 2.45) is 0 Å². The number of benzene rings is 2. The molecule has 0 saturated heterocycles. The molecule has 0 amide bonds. The lowest BCUT2D eigenvalue weighted by atomic mass is 9.93. The van der Waals surface area contributed by atoms with Gasteiger partial charge < -0.3 is 20.5 Å². The van der Waals surface area contributed by atoms with Crippen LogP contribution in [-0.2, 0) is 0 Å². The number of aromatic nitrogens is 3. The third-order valence-corrected chi connectivity index (χ3v) is 4.80. The summed E-state index contributed by atoms with van der Waals surface area (Å²) < 4.78 is 12.7. The fourth-order valence-electron chi connectivity index (χ4n) is 3.48. The van der Waals surface area contributed by atoms with E-state index in [1.165, 1.54) is 5.56 Å². The van der Waals surface area contributed by atoms with Crippen molar-refractivity contribution in [1.82, 2.24) is 14.8 Å². The number of nitrogens with two attached hydrogens (primary N) is 1. The molecule has 2 atom stereocenters. The van der Waals surface area contributed by atoms with Crippen LogP contribution in [0.3, 0.4) is 0 Å². The summed E-state index contributed by atoms with van der Waals surface area (Å²) in [5, 5.41) is 7.84. The number of rotatable bonds is 5. The molecule has 1 aliphatic heterocycles. The van der Waals surface area contributed by atoms with Crippen LogP contribution in [0.15, 0.2) is 48.5 Å². The maximum absolute atomic E-state index is 5.86. The van der Waals surface area contributed by atoms with Crippen LogP contribution in [0.25, 0.3) is 0 Å². The first-order valence-electron chi connectivity index (χ1n) is 9.03. The molecule has 7 heteroatoms. The van der Waals surface area contributed by atoms with Gasteiger partial charge in [-0.05, 0) is 48.7 Å². The minimum atomic E-state index is 0.0360. The molecular weight excluding hydrogens is 342 g/mol. The topological polar surface area (TPSA) is 87.2 Å². The first-order chi connectivity index (χ1) is 13.2. The van der Waals surface area contributed by atoms with Crippen LogP contribution in [0, 0.1) is 0 Å². The molecule has 0 aliphatic carbocycles. The average Bonchev–Trinajstić information content (AvgIpc) is 3.08. The predicted octanol–water partition coefficient (Wildman–Crippen LogP) is 3.41. The molecule has 2 heterocycles. The van der Waals surface area contributed by atoms with E-state index < -0.39 is 0 Å². The van der Waals surface area contributed by atoms with Crippen molar-refractivity contribution < 1.29 is 9.47 Å². The second-order valence-corrected chi connectivity index (χ2v) is 6.46. The average molecular weight is 365 g/mol. The van der Waals surface area contributed by atoms with Crippen LogP contribution >= 0.6 is 0 Å². The number of hydrogen-bond donors (Lipinski definition) is 2. The Labute approximate surface area is 158 Å². The summed E-state index contributed by atoms with van der Waals surface area (Å²) in [7, 11) is 1.67. The van der Waals surface area contributed by atoms with Gasteiger partial charge in [-0.25, -0.2) is 4.68 Å². The highest BCUT2D eigenvalue weighted by molar-refractivity contribution is 5.43.